The summed E-state index contributed by atoms with van der Waals surface area (Å²) < 4.78 is 24.8. The Morgan fingerprint density at radius 3 is 2.37 bits per heavy atom. The van der Waals surface area contributed by atoms with Crippen molar-refractivity contribution in [2.24, 2.45) is 5.73 Å². The summed E-state index contributed by atoms with van der Waals surface area (Å²) in [5.74, 6) is 0. The van der Waals surface area contributed by atoms with Crippen LogP contribution in [0.2, 0.25) is 0 Å². The highest BCUT2D eigenvalue weighted by Crippen LogP contribution is 2.28. The second-order valence-corrected chi connectivity index (χ2v) is 7.07. The molecule has 2 N–H and O–H groups in total. The van der Waals surface area contributed by atoms with Gasteiger partial charge in [0.1, 0.15) is 0 Å². The molecule has 1 aromatic rings. The van der Waals surface area contributed by atoms with Crippen LogP contribution in [0.4, 0.5) is 5.69 Å². The van der Waals surface area contributed by atoms with Crippen molar-refractivity contribution in [1.29, 1.82) is 0 Å². The van der Waals surface area contributed by atoms with Gasteiger partial charge < -0.3 is 5.73 Å². The average Bonchev–Trinajstić information content (AvgIpc) is 2.39. The third-order valence-electron chi connectivity index (χ3n) is 3.48. The molecule has 2 rings (SSSR count). The van der Waals surface area contributed by atoms with Crippen LogP contribution in [0.3, 0.4) is 0 Å². The summed E-state index contributed by atoms with van der Waals surface area (Å²) in [6.07, 6.45) is 2.72. The molecule has 0 aromatic heterocycles. The maximum Gasteiger partial charge on any atom is 0.269 e. The normalized spacial score (nSPS) is 24.1. The van der Waals surface area contributed by atoms with Crippen molar-refractivity contribution in [2.75, 3.05) is 0 Å². The van der Waals surface area contributed by atoms with Gasteiger partial charge in [0.2, 0.25) is 0 Å². The fourth-order valence-corrected chi connectivity index (χ4v) is 4.29. The fourth-order valence-electron chi connectivity index (χ4n) is 2.41. The molecule has 2 unspecified atom stereocenters. The third kappa shape index (κ3) is 2.93. The molecule has 1 saturated carbocycles. The summed E-state index contributed by atoms with van der Waals surface area (Å²) >= 11 is 0. The van der Waals surface area contributed by atoms with Gasteiger partial charge >= 0.3 is 0 Å². The number of sulfone groups is 1. The van der Waals surface area contributed by atoms with Gasteiger partial charge in [-0.25, -0.2) is 8.42 Å². The Kier molecular flexibility index (Phi) is 3.86. The number of nitrogens with zero attached hydrogens (tertiary/aromatic N) is 1. The second-order valence-electron chi connectivity index (χ2n) is 4.84. The Morgan fingerprint density at radius 1 is 1.21 bits per heavy atom. The van der Waals surface area contributed by atoms with E-state index in [9.17, 15) is 18.5 Å². The minimum atomic E-state index is -3.44. The SMILES string of the molecule is NC1CCCC(S(=O)(=O)c2ccc([N+](=O)[O-])cc2)C1. The molecule has 1 aliphatic carbocycles. The van der Waals surface area contributed by atoms with E-state index in [0.717, 1.165) is 12.8 Å². The molecule has 0 saturated heterocycles. The summed E-state index contributed by atoms with van der Waals surface area (Å²) in [6.45, 7) is 0. The second kappa shape index (κ2) is 5.26. The number of rotatable bonds is 3. The molecule has 104 valence electrons. The zero-order chi connectivity index (χ0) is 14.0. The van der Waals surface area contributed by atoms with Gasteiger partial charge in [-0.2, -0.15) is 0 Å². The largest absolute Gasteiger partial charge is 0.328 e. The van der Waals surface area contributed by atoms with Crippen molar-refractivity contribution in [3.63, 3.8) is 0 Å². The highest BCUT2D eigenvalue weighted by molar-refractivity contribution is 7.92. The van der Waals surface area contributed by atoms with Crippen molar-refractivity contribution in [2.45, 2.75) is 41.9 Å². The van der Waals surface area contributed by atoms with Crippen LogP contribution in [0, 0.1) is 10.1 Å². The van der Waals surface area contributed by atoms with E-state index in [4.69, 9.17) is 5.73 Å². The van der Waals surface area contributed by atoms with Crippen LogP contribution in [0.1, 0.15) is 25.7 Å². The van der Waals surface area contributed by atoms with Crippen LogP contribution in [0.5, 0.6) is 0 Å². The molecule has 19 heavy (non-hydrogen) atoms. The van der Waals surface area contributed by atoms with Crippen molar-refractivity contribution in [1.82, 2.24) is 0 Å². The molecule has 1 fully saturated rings. The topological polar surface area (TPSA) is 103 Å². The minimum absolute atomic E-state index is 0.0772. The van der Waals surface area contributed by atoms with Gasteiger partial charge in [-0.15, -0.1) is 0 Å². The average molecular weight is 284 g/mol. The molecule has 2 atom stereocenters. The maximum absolute atomic E-state index is 12.4. The molecule has 1 aromatic carbocycles. The van der Waals surface area contributed by atoms with Crippen LogP contribution in [-0.2, 0) is 9.84 Å². The predicted octanol–water partition coefficient (Wildman–Crippen LogP) is 1.64. The number of hydrogen-bond donors (Lipinski definition) is 1. The van der Waals surface area contributed by atoms with E-state index in [2.05, 4.69) is 0 Å². The van der Waals surface area contributed by atoms with Crippen LogP contribution in [0.25, 0.3) is 0 Å². The number of nitro benzene ring substituents is 1. The van der Waals surface area contributed by atoms with Gasteiger partial charge in [-0.05, 0) is 31.4 Å². The molecule has 0 spiro atoms. The zero-order valence-electron chi connectivity index (χ0n) is 10.4. The quantitative estimate of drug-likeness (QED) is 0.671. The van der Waals surface area contributed by atoms with Gasteiger partial charge in [0, 0.05) is 18.2 Å². The lowest BCUT2D eigenvalue weighted by Gasteiger charge is -2.26. The van der Waals surface area contributed by atoms with E-state index < -0.39 is 20.0 Å². The summed E-state index contributed by atoms with van der Waals surface area (Å²) in [5.41, 5.74) is 5.70. The molecule has 0 radical (unpaired) electrons. The Morgan fingerprint density at radius 2 is 1.84 bits per heavy atom. The lowest BCUT2D eigenvalue weighted by Crippen LogP contribution is -2.35. The minimum Gasteiger partial charge on any atom is -0.328 e. The summed E-state index contributed by atoms with van der Waals surface area (Å²) in [6, 6.07) is 4.96. The van der Waals surface area contributed by atoms with Gasteiger partial charge in [0.05, 0.1) is 15.1 Å². The predicted molar refractivity (Wildman–Crippen MR) is 70.5 cm³/mol. The van der Waals surface area contributed by atoms with Gasteiger partial charge in [0.25, 0.3) is 5.69 Å². The van der Waals surface area contributed by atoms with Crippen molar-refractivity contribution in [3.05, 3.63) is 34.4 Å². The molecule has 6 nitrogen and oxygen atoms in total. The zero-order valence-corrected chi connectivity index (χ0v) is 11.2. The first kappa shape index (κ1) is 14.0. The first-order valence-electron chi connectivity index (χ1n) is 6.15. The molecule has 0 bridgehead atoms. The Labute approximate surface area is 111 Å². The number of non-ortho nitro benzene ring substituents is 1. The van der Waals surface area contributed by atoms with E-state index >= 15 is 0 Å². The molecule has 0 heterocycles. The smallest absolute Gasteiger partial charge is 0.269 e. The van der Waals surface area contributed by atoms with Crippen LogP contribution in [-0.4, -0.2) is 24.6 Å². The molecule has 0 amide bonds. The van der Waals surface area contributed by atoms with E-state index in [1.807, 2.05) is 0 Å². The molecule has 1 aliphatic rings. The van der Waals surface area contributed by atoms with E-state index in [1.54, 1.807) is 0 Å². The number of nitrogens with two attached hydrogens (primary N) is 1. The van der Waals surface area contributed by atoms with Gasteiger partial charge in [0.15, 0.2) is 9.84 Å². The van der Waals surface area contributed by atoms with Gasteiger partial charge in [-0.3, -0.25) is 10.1 Å². The lowest BCUT2D eigenvalue weighted by atomic mass is 9.96. The molecule has 0 aliphatic heterocycles. The summed E-state index contributed by atoms with van der Waals surface area (Å²) in [7, 11) is -3.44. The lowest BCUT2D eigenvalue weighted by molar-refractivity contribution is -0.384. The van der Waals surface area contributed by atoms with E-state index in [-0.39, 0.29) is 16.6 Å². The highest BCUT2D eigenvalue weighted by atomic mass is 32.2. The van der Waals surface area contributed by atoms with E-state index in [1.165, 1.54) is 24.3 Å². The highest BCUT2D eigenvalue weighted by Gasteiger charge is 2.31. The first-order valence-corrected chi connectivity index (χ1v) is 7.70. The Balaban J connectivity index is 2.26. The number of benzene rings is 1. The van der Waals surface area contributed by atoms with Gasteiger partial charge in [-0.1, -0.05) is 6.42 Å². The van der Waals surface area contributed by atoms with Crippen molar-refractivity contribution in [3.8, 4) is 0 Å². The van der Waals surface area contributed by atoms with Crippen LogP contribution >= 0.6 is 0 Å². The summed E-state index contributed by atoms with van der Waals surface area (Å²) in [5, 5.41) is 10.1. The maximum atomic E-state index is 12.4. The fraction of sp³-hybridized carbons (Fsp3) is 0.500. The Bertz CT molecular complexity index is 568. The number of hydrogen-bond acceptors (Lipinski definition) is 5. The molecule has 7 heteroatoms. The monoisotopic (exact) mass is 284 g/mol. The van der Waals surface area contributed by atoms with Crippen LogP contribution < -0.4 is 5.73 Å². The van der Waals surface area contributed by atoms with Crippen molar-refractivity contribution < 1.29 is 13.3 Å². The molecular weight excluding hydrogens is 268 g/mol. The van der Waals surface area contributed by atoms with Crippen LogP contribution in [0.15, 0.2) is 29.2 Å². The Hall–Kier alpha value is -1.47. The number of nitro groups is 1. The first-order chi connectivity index (χ1) is 8.91. The molecular formula is C12H16N2O4S. The summed E-state index contributed by atoms with van der Waals surface area (Å²) in [4.78, 5) is 10.1. The third-order valence-corrected chi connectivity index (χ3v) is 5.72. The standard InChI is InChI=1S/C12H16N2O4S/c13-9-2-1-3-12(8-9)19(17,18)11-6-4-10(5-7-11)14(15)16/h4-7,9,12H,1-3,8,13H2. The van der Waals surface area contributed by atoms with Crippen molar-refractivity contribution >= 4 is 15.5 Å². The van der Waals surface area contributed by atoms with E-state index in [0.29, 0.717) is 12.8 Å².